The highest BCUT2D eigenvalue weighted by Crippen LogP contribution is 2.43. The summed E-state index contributed by atoms with van der Waals surface area (Å²) in [7, 11) is 0. The molecule has 1 aromatic carbocycles. The van der Waals surface area contributed by atoms with Gasteiger partial charge in [0.1, 0.15) is 6.10 Å². The Morgan fingerprint density at radius 1 is 1.33 bits per heavy atom. The number of amides is 1. The van der Waals surface area contributed by atoms with Crippen LogP contribution in [-0.2, 0) is 21.2 Å². The van der Waals surface area contributed by atoms with Gasteiger partial charge in [-0.05, 0) is 49.8 Å². The number of nitrogens with one attached hydrogen (secondary N) is 1. The molecule has 2 atom stereocenters. The minimum Gasteiger partial charge on any atom is -0.364 e. The van der Waals surface area contributed by atoms with Crippen molar-refractivity contribution in [3.8, 4) is 0 Å². The molecule has 24 heavy (non-hydrogen) atoms. The number of ether oxygens (including phenoxy) is 1. The van der Waals surface area contributed by atoms with Gasteiger partial charge in [0.25, 0.3) is 0 Å². The third-order valence-electron chi connectivity index (χ3n) is 4.97. The fourth-order valence-corrected chi connectivity index (χ4v) is 3.40. The number of hydrogen-bond acceptors (Lipinski definition) is 3. The summed E-state index contributed by atoms with van der Waals surface area (Å²) in [6.45, 7) is 0.364. The number of hydrogen-bond donors (Lipinski definition) is 2. The highest BCUT2D eigenvalue weighted by Gasteiger charge is 2.43. The SMILES string of the molecule is NC[C@H]1CC[C@@H](C(=O)NC2(c3cccc(C(F)(F)F)c3)CCC2)O1. The Morgan fingerprint density at radius 2 is 2.08 bits per heavy atom. The lowest BCUT2D eigenvalue weighted by molar-refractivity contribution is -0.137. The first-order valence-corrected chi connectivity index (χ1v) is 8.19. The molecule has 1 saturated carbocycles. The second-order valence-corrected chi connectivity index (χ2v) is 6.56. The van der Waals surface area contributed by atoms with Crippen molar-refractivity contribution in [1.29, 1.82) is 0 Å². The third kappa shape index (κ3) is 3.28. The molecule has 7 heteroatoms. The van der Waals surface area contributed by atoms with Gasteiger partial charge in [-0.2, -0.15) is 13.2 Å². The monoisotopic (exact) mass is 342 g/mol. The number of halogens is 3. The fraction of sp³-hybridized carbons (Fsp3) is 0.588. The van der Waals surface area contributed by atoms with Gasteiger partial charge >= 0.3 is 6.18 Å². The van der Waals surface area contributed by atoms with Crippen LogP contribution < -0.4 is 11.1 Å². The van der Waals surface area contributed by atoms with E-state index in [4.69, 9.17) is 10.5 Å². The molecule has 3 N–H and O–H groups in total. The Hall–Kier alpha value is -1.60. The minimum atomic E-state index is -4.39. The van der Waals surface area contributed by atoms with Crippen molar-refractivity contribution < 1.29 is 22.7 Å². The van der Waals surface area contributed by atoms with Crippen LogP contribution in [0, 0.1) is 0 Å². The Bertz CT molecular complexity index is 614. The molecule has 1 aliphatic carbocycles. The second kappa shape index (κ2) is 6.37. The first-order chi connectivity index (χ1) is 11.3. The van der Waals surface area contributed by atoms with Crippen molar-refractivity contribution in [2.75, 3.05) is 6.54 Å². The van der Waals surface area contributed by atoms with Crippen molar-refractivity contribution >= 4 is 5.91 Å². The standard InChI is InChI=1S/C17H21F3N2O2/c18-17(19,20)12-4-1-3-11(9-12)16(7-2-8-16)22-15(23)14-6-5-13(10-21)24-14/h1,3-4,9,13-14H,2,5-8,10,21H2,(H,22,23)/t13-,14+/m1/s1. The molecule has 1 aliphatic heterocycles. The van der Waals surface area contributed by atoms with E-state index in [1.165, 1.54) is 6.07 Å². The average Bonchev–Trinajstić information content (AvgIpc) is 2.99. The quantitative estimate of drug-likeness (QED) is 0.884. The predicted octanol–water partition coefficient (Wildman–Crippen LogP) is 2.71. The largest absolute Gasteiger partial charge is 0.416 e. The van der Waals surface area contributed by atoms with E-state index in [1.54, 1.807) is 6.07 Å². The van der Waals surface area contributed by atoms with Crippen LogP contribution in [0.15, 0.2) is 24.3 Å². The van der Waals surface area contributed by atoms with Gasteiger partial charge < -0.3 is 15.8 Å². The smallest absolute Gasteiger partial charge is 0.364 e. The molecule has 1 saturated heterocycles. The van der Waals surface area contributed by atoms with E-state index < -0.39 is 23.4 Å². The van der Waals surface area contributed by atoms with Crippen LogP contribution in [0.1, 0.15) is 43.2 Å². The van der Waals surface area contributed by atoms with Crippen molar-refractivity contribution in [3.63, 3.8) is 0 Å². The van der Waals surface area contributed by atoms with Gasteiger partial charge in [0.2, 0.25) is 5.91 Å². The lowest BCUT2D eigenvalue weighted by Crippen LogP contribution is -2.53. The molecular formula is C17H21F3N2O2. The van der Waals surface area contributed by atoms with Gasteiger partial charge in [-0.15, -0.1) is 0 Å². The first kappa shape index (κ1) is 17.2. The van der Waals surface area contributed by atoms with Gasteiger partial charge in [0, 0.05) is 6.54 Å². The summed E-state index contributed by atoms with van der Waals surface area (Å²) in [6.07, 6.45) is -1.63. The van der Waals surface area contributed by atoms with Crippen LogP contribution in [0.4, 0.5) is 13.2 Å². The summed E-state index contributed by atoms with van der Waals surface area (Å²) in [5, 5.41) is 2.94. The van der Waals surface area contributed by atoms with E-state index in [-0.39, 0.29) is 12.0 Å². The molecule has 0 radical (unpaired) electrons. The van der Waals surface area contributed by atoms with E-state index in [9.17, 15) is 18.0 Å². The lowest BCUT2D eigenvalue weighted by atomic mass is 9.71. The van der Waals surface area contributed by atoms with E-state index in [1.807, 2.05) is 0 Å². The summed E-state index contributed by atoms with van der Waals surface area (Å²) in [6, 6.07) is 5.22. The van der Waals surface area contributed by atoms with Crippen LogP contribution in [0.3, 0.4) is 0 Å². The molecule has 0 aromatic heterocycles. The van der Waals surface area contributed by atoms with E-state index in [0.717, 1.165) is 25.0 Å². The van der Waals surface area contributed by atoms with Crippen molar-refractivity contribution in [1.82, 2.24) is 5.32 Å². The zero-order valence-electron chi connectivity index (χ0n) is 13.2. The number of carbonyl (C=O) groups excluding carboxylic acids is 1. The zero-order valence-corrected chi connectivity index (χ0v) is 13.2. The van der Waals surface area contributed by atoms with Gasteiger partial charge in [-0.25, -0.2) is 0 Å². The fourth-order valence-electron chi connectivity index (χ4n) is 3.40. The second-order valence-electron chi connectivity index (χ2n) is 6.56. The number of nitrogens with two attached hydrogens (primary N) is 1. The van der Waals surface area contributed by atoms with Gasteiger partial charge in [-0.1, -0.05) is 12.1 Å². The maximum atomic E-state index is 12.9. The highest BCUT2D eigenvalue weighted by atomic mass is 19.4. The van der Waals surface area contributed by atoms with Crippen molar-refractivity contribution in [3.05, 3.63) is 35.4 Å². The molecule has 132 valence electrons. The third-order valence-corrected chi connectivity index (χ3v) is 4.97. The topological polar surface area (TPSA) is 64.4 Å². The number of rotatable bonds is 4. The van der Waals surface area contributed by atoms with E-state index in [2.05, 4.69) is 5.32 Å². The predicted molar refractivity (Wildman–Crippen MR) is 82.1 cm³/mol. The highest BCUT2D eigenvalue weighted by molar-refractivity contribution is 5.82. The minimum absolute atomic E-state index is 0.119. The van der Waals surface area contributed by atoms with Crippen LogP contribution in [-0.4, -0.2) is 24.7 Å². The summed E-state index contributed by atoms with van der Waals surface area (Å²) in [5.41, 5.74) is 4.64. The molecule has 0 bridgehead atoms. The summed E-state index contributed by atoms with van der Waals surface area (Å²) < 4.78 is 44.4. The molecule has 1 amide bonds. The maximum Gasteiger partial charge on any atom is 0.416 e. The van der Waals surface area contributed by atoms with Crippen LogP contribution >= 0.6 is 0 Å². The Morgan fingerprint density at radius 3 is 2.62 bits per heavy atom. The summed E-state index contributed by atoms with van der Waals surface area (Å²) >= 11 is 0. The van der Waals surface area contributed by atoms with Crippen molar-refractivity contribution in [2.24, 2.45) is 5.73 Å². The first-order valence-electron chi connectivity index (χ1n) is 8.19. The molecule has 2 aliphatic rings. The molecule has 0 spiro atoms. The lowest BCUT2D eigenvalue weighted by Gasteiger charge is -2.43. The normalized spacial score (nSPS) is 26.0. The molecule has 0 unspecified atom stereocenters. The molecule has 1 aromatic rings. The Balaban J connectivity index is 1.76. The van der Waals surface area contributed by atoms with Gasteiger partial charge in [-0.3, -0.25) is 4.79 Å². The van der Waals surface area contributed by atoms with Gasteiger partial charge in [0.15, 0.2) is 0 Å². The van der Waals surface area contributed by atoms with Crippen molar-refractivity contribution in [2.45, 2.75) is 56.0 Å². The Labute approximate surface area is 138 Å². The number of alkyl halides is 3. The average molecular weight is 342 g/mol. The van der Waals surface area contributed by atoms with Gasteiger partial charge in [0.05, 0.1) is 17.2 Å². The number of carbonyl (C=O) groups is 1. The summed E-state index contributed by atoms with van der Waals surface area (Å²) in [5.74, 6) is -0.261. The molecule has 3 rings (SSSR count). The van der Waals surface area contributed by atoms with Crippen LogP contribution in [0.5, 0.6) is 0 Å². The molecule has 1 heterocycles. The zero-order chi connectivity index (χ0) is 17.4. The molecule has 2 fully saturated rings. The summed E-state index contributed by atoms with van der Waals surface area (Å²) in [4.78, 5) is 12.5. The van der Waals surface area contributed by atoms with Crippen LogP contribution in [0.2, 0.25) is 0 Å². The molecular weight excluding hydrogens is 321 g/mol. The maximum absolute atomic E-state index is 12.9. The van der Waals surface area contributed by atoms with Crippen LogP contribution in [0.25, 0.3) is 0 Å². The number of benzene rings is 1. The molecule has 4 nitrogen and oxygen atoms in total. The Kier molecular flexibility index (Phi) is 4.57. The van der Waals surface area contributed by atoms with E-state index in [0.29, 0.717) is 31.4 Å². The van der Waals surface area contributed by atoms with E-state index >= 15 is 0 Å².